The molecule has 26 heavy (non-hydrogen) atoms. The van der Waals surface area contributed by atoms with E-state index in [-0.39, 0.29) is 17.4 Å². The Morgan fingerprint density at radius 1 is 1.46 bits per heavy atom. The van der Waals surface area contributed by atoms with E-state index < -0.39 is 23.0 Å². The smallest absolute Gasteiger partial charge is 0.252 e. The van der Waals surface area contributed by atoms with Crippen LogP contribution in [0.2, 0.25) is 0 Å². The number of phenols is 1. The van der Waals surface area contributed by atoms with Crippen molar-refractivity contribution in [1.29, 1.82) is 0 Å². The number of piperidine rings is 1. The van der Waals surface area contributed by atoms with E-state index in [1.165, 1.54) is 0 Å². The number of carbonyl (C=O) groups is 1. The molecule has 4 rings (SSSR count). The normalized spacial score (nSPS) is 35.5. The number of benzene rings is 1. The first-order chi connectivity index (χ1) is 12.3. The number of nitrogens with two attached hydrogens (primary N) is 1. The molecule has 1 unspecified atom stereocenters. The van der Waals surface area contributed by atoms with Gasteiger partial charge in [-0.3, -0.25) is 9.69 Å². The fourth-order valence-corrected chi connectivity index (χ4v) is 5.35. The lowest BCUT2D eigenvalue weighted by Gasteiger charge is -2.62. The molecule has 138 valence electrons. The van der Waals surface area contributed by atoms with Gasteiger partial charge < -0.3 is 21.1 Å². The highest BCUT2D eigenvalue weighted by molar-refractivity contribution is 5.96. The number of nitrogens with zero attached hydrogens (tertiary/aromatic N) is 1. The zero-order chi connectivity index (χ0) is 18.7. The van der Waals surface area contributed by atoms with Crippen LogP contribution in [0.5, 0.6) is 5.75 Å². The number of aliphatic hydroxyl groups excluding tert-OH is 1. The van der Waals surface area contributed by atoms with E-state index in [1.54, 1.807) is 18.2 Å². The third-order valence-electron chi connectivity index (χ3n) is 6.46. The van der Waals surface area contributed by atoms with Crippen LogP contribution in [0.25, 0.3) is 0 Å². The lowest BCUT2D eigenvalue weighted by atomic mass is 9.50. The van der Waals surface area contributed by atoms with Crippen molar-refractivity contribution in [2.24, 2.45) is 5.73 Å². The van der Waals surface area contributed by atoms with Gasteiger partial charge in [0.15, 0.2) is 0 Å². The lowest BCUT2D eigenvalue weighted by Crippen LogP contribution is -2.72. The summed E-state index contributed by atoms with van der Waals surface area (Å²) in [5.41, 5.74) is 4.83. The molecule has 1 saturated heterocycles. The quantitative estimate of drug-likeness (QED) is 0.593. The summed E-state index contributed by atoms with van der Waals surface area (Å²) < 4.78 is 0. The highest BCUT2D eigenvalue weighted by Crippen LogP contribution is 2.58. The Morgan fingerprint density at radius 2 is 2.23 bits per heavy atom. The predicted molar refractivity (Wildman–Crippen MR) is 96.9 cm³/mol. The van der Waals surface area contributed by atoms with Crippen molar-refractivity contribution >= 4 is 5.91 Å². The number of aromatic hydroxyl groups is 1. The van der Waals surface area contributed by atoms with Gasteiger partial charge in [0.1, 0.15) is 11.4 Å². The second-order valence-corrected chi connectivity index (χ2v) is 7.65. The van der Waals surface area contributed by atoms with Crippen molar-refractivity contribution in [3.8, 4) is 5.75 Å². The van der Waals surface area contributed by atoms with Crippen LogP contribution in [0.4, 0.5) is 0 Å². The molecule has 1 aliphatic heterocycles. The number of amides is 1. The van der Waals surface area contributed by atoms with Crippen molar-refractivity contribution in [3.63, 3.8) is 0 Å². The van der Waals surface area contributed by atoms with Gasteiger partial charge >= 0.3 is 0 Å². The first-order valence-corrected chi connectivity index (χ1v) is 8.94. The van der Waals surface area contributed by atoms with Crippen LogP contribution in [0.15, 0.2) is 36.9 Å². The molecule has 3 aliphatic rings. The molecule has 6 heteroatoms. The summed E-state index contributed by atoms with van der Waals surface area (Å²) in [6.45, 7) is 5.17. The summed E-state index contributed by atoms with van der Waals surface area (Å²) in [5.74, 6) is -0.866. The Balaban J connectivity index is 1.99. The van der Waals surface area contributed by atoms with Gasteiger partial charge in [0.05, 0.1) is 11.7 Å². The topological polar surface area (TPSA) is 107 Å². The van der Waals surface area contributed by atoms with Gasteiger partial charge in [-0.25, -0.2) is 0 Å². The number of hydrogen-bond donors (Lipinski definition) is 4. The van der Waals surface area contributed by atoms with Crippen LogP contribution in [0.3, 0.4) is 0 Å². The number of fused-ring (bicyclic) bond motifs is 1. The second-order valence-electron chi connectivity index (χ2n) is 7.65. The summed E-state index contributed by atoms with van der Waals surface area (Å²) in [6, 6.07) is 3.16. The van der Waals surface area contributed by atoms with Gasteiger partial charge in [-0.2, -0.15) is 0 Å². The van der Waals surface area contributed by atoms with E-state index in [0.29, 0.717) is 37.9 Å². The van der Waals surface area contributed by atoms with E-state index >= 15 is 0 Å². The fraction of sp³-hybridized carbons (Fsp3) is 0.450. The minimum absolute atomic E-state index is 0.0523. The zero-order valence-electron chi connectivity index (χ0n) is 14.6. The number of carbonyl (C=O) groups excluding carboxylic acids is 1. The Labute approximate surface area is 152 Å². The average molecular weight is 356 g/mol. The molecule has 5 N–H and O–H groups in total. The van der Waals surface area contributed by atoms with Gasteiger partial charge in [0.25, 0.3) is 5.91 Å². The number of aliphatic hydroxyl groups is 2. The molecule has 1 heterocycles. The maximum absolute atomic E-state index is 11.8. The molecule has 2 aliphatic carbocycles. The molecule has 0 radical (unpaired) electrons. The number of likely N-dealkylation sites (tertiary alicyclic amines) is 1. The summed E-state index contributed by atoms with van der Waals surface area (Å²) >= 11 is 0. The fourth-order valence-electron chi connectivity index (χ4n) is 5.35. The van der Waals surface area contributed by atoms with Crippen LogP contribution >= 0.6 is 0 Å². The van der Waals surface area contributed by atoms with E-state index in [2.05, 4.69) is 11.5 Å². The van der Waals surface area contributed by atoms with Gasteiger partial charge in [-0.05, 0) is 37.4 Å². The molecule has 1 amide bonds. The Hall–Kier alpha value is -2.15. The van der Waals surface area contributed by atoms with Crippen LogP contribution in [0.1, 0.15) is 34.3 Å². The van der Waals surface area contributed by atoms with Crippen LogP contribution < -0.4 is 5.73 Å². The minimum atomic E-state index is -1.24. The van der Waals surface area contributed by atoms with Crippen LogP contribution in [0, 0.1) is 0 Å². The number of primary amides is 1. The van der Waals surface area contributed by atoms with Gasteiger partial charge in [0.2, 0.25) is 0 Å². The Morgan fingerprint density at radius 3 is 2.92 bits per heavy atom. The van der Waals surface area contributed by atoms with E-state index in [0.717, 1.165) is 5.56 Å². The molecule has 1 aromatic carbocycles. The number of rotatable bonds is 3. The van der Waals surface area contributed by atoms with Crippen LogP contribution in [-0.4, -0.2) is 57.0 Å². The molecule has 1 fully saturated rings. The van der Waals surface area contributed by atoms with Crippen molar-refractivity contribution in [2.45, 2.75) is 42.4 Å². The third-order valence-corrected chi connectivity index (χ3v) is 6.46. The molecule has 0 aromatic heterocycles. The van der Waals surface area contributed by atoms with E-state index in [1.807, 2.05) is 12.1 Å². The first kappa shape index (κ1) is 17.3. The maximum Gasteiger partial charge on any atom is 0.252 e. The third kappa shape index (κ3) is 2.06. The summed E-state index contributed by atoms with van der Waals surface area (Å²) in [6.07, 6.45) is 5.79. The molecular weight excluding hydrogens is 332 g/mol. The lowest BCUT2D eigenvalue weighted by molar-refractivity contribution is -0.128. The van der Waals surface area contributed by atoms with Gasteiger partial charge in [-0.15, -0.1) is 6.58 Å². The molecule has 0 saturated carbocycles. The molecule has 0 spiro atoms. The Kier molecular flexibility index (Phi) is 3.77. The zero-order valence-corrected chi connectivity index (χ0v) is 14.6. The van der Waals surface area contributed by atoms with E-state index in [4.69, 9.17) is 5.73 Å². The molecule has 2 bridgehead atoms. The van der Waals surface area contributed by atoms with Crippen molar-refractivity contribution in [3.05, 3.63) is 53.6 Å². The summed E-state index contributed by atoms with van der Waals surface area (Å²) in [5, 5.41) is 33.0. The van der Waals surface area contributed by atoms with Crippen molar-refractivity contribution in [2.75, 3.05) is 13.1 Å². The molecule has 6 nitrogen and oxygen atoms in total. The van der Waals surface area contributed by atoms with Crippen LogP contribution in [-0.2, 0) is 11.8 Å². The van der Waals surface area contributed by atoms with Gasteiger partial charge in [0, 0.05) is 23.6 Å². The second kappa shape index (κ2) is 5.67. The molecule has 4 atom stereocenters. The summed E-state index contributed by atoms with van der Waals surface area (Å²) in [4.78, 5) is 13.9. The monoisotopic (exact) mass is 356 g/mol. The summed E-state index contributed by atoms with van der Waals surface area (Å²) in [7, 11) is 0. The van der Waals surface area contributed by atoms with Gasteiger partial charge in [-0.1, -0.05) is 24.3 Å². The highest BCUT2D eigenvalue weighted by atomic mass is 16.3. The SMILES string of the molecule is C=CCN1CC[C@]23CC(O)C=C[C@@]2(O)[C@H]1Cc1ccc(C(N)=O)c(O)c13. The maximum atomic E-state index is 11.8. The largest absolute Gasteiger partial charge is 0.507 e. The Bertz CT molecular complexity index is 820. The van der Waals surface area contributed by atoms with Crippen molar-refractivity contribution in [1.82, 2.24) is 4.90 Å². The standard InChI is InChI=1S/C20H24N2O4/c1-2-8-22-9-7-19-11-13(23)5-6-20(19,26)15(22)10-12-3-4-14(18(21)25)17(24)16(12)19/h2-6,13,15,23-24,26H,1,7-11H2,(H2,21,25)/t13?,15-,19-,20-/m1/s1. The number of hydrogen-bond acceptors (Lipinski definition) is 5. The first-order valence-electron chi connectivity index (χ1n) is 8.94. The predicted octanol–water partition coefficient (Wildman–Crippen LogP) is 0.597. The molecule has 1 aromatic rings. The van der Waals surface area contributed by atoms with E-state index in [9.17, 15) is 20.1 Å². The average Bonchev–Trinajstić information content (AvgIpc) is 2.57. The molecular formula is C20H24N2O4. The minimum Gasteiger partial charge on any atom is -0.507 e. The highest BCUT2D eigenvalue weighted by Gasteiger charge is 2.64. The van der Waals surface area contributed by atoms with Crippen molar-refractivity contribution < 1.29 is 20.1 Å².